The third-order valence-electron chi connectivity index (χ3n) is 10.5. The normalized spacial score (nSPS) is 47.3. The average molecular weight is 465 g/mol. The van der Waals surface area contributed by atoms with E-state index in [2.05, 4.69) is 20.8 Å². The lowest BCUT2D eigenvalue weighted by molar-refractivity contribution is -0.154. The van der Waals surface area contributed by atoms with Gasteiger partial charge in [0.25, 0.3) is 0 Å². The van der Waals surface area contributed by atoms with E-state index >= 15 is 0 Å². The topological polar surface area (TPSA) is 118 Å². The molecular formula is C27H44O6. The van der Waals surface area contributed by atoms with E-state index in [1.807, 2.05) is 0 Å². The lowest BCUT2D eigenvalue weighted by atomic mass is 9.46. The molecule has 0 aromatic rings. The largest absolute Gasteiger partial charge is 0.393 e. The second-order valence-electron chi connectivity index (χ2n) is 12.9. The first-order chi connectivity index (χ1) is 15.1. The molecule has 4 rings (SSSR count). The summed E-state index contributed by atoms with van der Waals surface area (Å²) in [4.78, 5) is 13.2. The number of allylic oxidation sites excluding steroid dienone is 1. The van der Waals surface area contributed by atoms with Gasteiger partial charge in [0, 0.05) is 11.3 Å². The lowest BCUT2D eigenvalue weighted by Crippen LogP contribution is -2.61. The smallest absolute Gasteiger partial charge is 0.159 e. The summed E-state index contributed by atoms with van der Waals surface area (Å²) in [6.07, 6.45) is 4.06. The third kappa shape index (κ3) is 3.85. The molecule has 4 aliphatic carbocycles. The van der Waals surface area contributed by atoms with E-state index in [1.54, 1.807) is 19.9 Å². The number of carbonyl (C=O) groups excluding carboxylic acids is 1. The van der Waals surface area contributed by atoms with Crippen LogP contribution < -0.4 is 0 Å². The van der Waals surface area contributed by atoms with Crippen LogP contribution in [0.5, 0.6) is 0 Å². The van der Waals surface area contributed by atoms with Crippen molar-refractivity contribution in [3.05, 3.63) is 11.6 Å². The maximum atomic E-state index is 13.2. The fourth-order valence-corrected chi connectivity index (χ4v) is 8.29. The average Bonchev–Trinajstić information content (AvgIpc) is 2.99. The Morgan fingerprint density at radius 1 is 1.12 bits per heavy atom. The molecule has 0 aliphatic heterocycles. The molecule has 4 unspecified atom stereocenters. The summed E-state index contributed by atoms with van der Waals surface area (Å²) in [5, 5.41) is 53.9. The van der Waals surface area contributed by atoms with Crippen LogP contribution in [0.1, 0.15) is 86.0 Å². The van der Waals surface area contributed by atoms with Crippen LogP contribution in [-0.4, -0.2) is 60.8 Å². The van der Waals surface area contributed by atoms with Crippen LogP contribution in [0.4, 0.5) is 0 Å². The van der Waals surface area contributed by atoms with E-state index in [1.165, 1.54) is 0 Å². The first-order valence-electron chi connectivity index (χ1n) is 12.9. The Hall–Kier alpha value is -0.790. The van der Waals surface area contributed by atoms with Crippen molar-refractivity contribution in [2.75, 3.05) is 0 Å². The van der Waals surface area contributed by atoms with E-state index in [4.69, 9.17) is 0 Å². The molecule has 0 aromatic carbocycles. The molecule has 0 spiro atoms. The summed E-state index contributed by atoms with van der Waals surface area (Å²) in [5.74, 6) is -0.264. The summed E-state index contributed by atoms with van der Waals surface area (Å²) in [6.45, 7) is 9.74. The molecule has 0 radical (unpaired) electrons. The van der Waals surface area contributed by atoms with Crippen LogP contribution >= 0.6 is 0 Å². The Labute approximate surface area is 198 Å². The number of ketones is 1. The zero-order chi connectivity index (χ0) is 24.6. The van der Waals surface area contributed by atoms with Gasteiger partial charge in [-0.15, -0.1) is 0 Å². The maximum absolute atomic E-state index is 13.2. The van der Waals surface area contributed by atoms with Gasteiger partial charge in [0.2, 0.25) is 0 Å². The van der Waals surface area contributed by atoms with E-state index in [0.717, 1.165) is 24.8 Å². The van der Waals surface area contributed by atoms with Gasteiger partial charge in [-0.25, -0.2) is 0 Å². The van der Waals surface area contributed by atoms with Gasteiger partial charge in [0.1, 0.15) is 0 Å². The predicted molar refractivity (Wildman–Crippen MR) is 125 cm³/mol. The minimum atomic E-state index is -1.10. The zero-order valence-electron chi connectivity index (χ0n) is 20.9. The van der Waals surface area contributed by atoms with Crippen LogP contribution in [0.2, 0.25) is 0 Å². The monoisotopic (exact) mass is 464 g/mol. The van der Waals surface area contributed by atoms with E-state index in [0.29, 0.717) is 25.7 Å². The highest BCUT2D eigenvalue weighted by molar-refractivity contribution is 5.95. The van der Waals surface area contributed by atoms with Gasteiger partial charge in [0.15, 0.2) is 5.78 Å². The Kier molecular flexibility index (Phi) is 6.23. The van der Waals surface area contributed by atoms with Crippen molar-refractivity contribution in [1.29, 1.82) is 0 Å². The summed E-state index contributed by atoms with van der Waals surface area (Å²) in [5.41, 5.74) is -2.01. The van der Waals surface area contributed by atoms with Crippen molar-refractivity contribution in [2.24, 2.45) is 34.5 Å². The van der Waals surface area contributed by atoms with Crippen molar-refractivity contribution in [3.8, 4) is 0 Å². The van der Waals surface area contributed by atoms with Crippen LogP contribution in [-0.2, 0) is 4.79 Å². The molecular weight excluding hydrogens is 420 g/mol. The fraction of sp³-hybridized carbons (Fsp3) is 0.889. The zero-order valence-corrected chi connectivity index (χ0v) is 20.9. The summed E-state index contributed by atoms with van der Waals surface area (Å²) in [7, 11) is 0. The van der Waals surface area contributed by atoms with Gasteiger partial charge in [-0.1, -0.05) is 20.8 Å². The maximum Gasteiger partial charge on any atom is 0.159 e. The highest BCUT2D eigenvalue weighted by Gasteiger charge is 2.67. The summed E-state index contributed by atoms with van der Waals surface area (Å²) in [6, 6.07) is 0. The Bertz CT molecular complexity index is 816. The van der Waals surface area contributed by atoms with Crippen molar-refractivity contribution in [3.63, 3.8) is 0 Å². The molecule has 0 heterocycles. The molecule has 188 valence electrons. The second-order valence-corrected chi connectivity index (χ2v) is 12.9. The van der Waals surface area contributed by atoms with E-state index in [9.17, 15) is 30.3 Å². The van der Waals surface area contributed by atoms with Crippen LogP contribution in [0, 0.1) is 34.5 Å². The fourth-order valence-electron chi connectivity index (χ4n) is 8.29. The SMILES string of the molecule is C[C@H]([C@H](O)CCC(C)(C)O)[C@H]1CC[C@@]2(O)C3=CC(=O)C4CC(O)C(O)C[C@]4(C)C3CC[C@]12C. The van der Waals surface area contributed by atoms with Crippen LogP contribution in [0.25, 0.3) is 0 Å². The Morgan fingerprint density at radius 3 is 2.42 bits per heavy atom. The first-order valence-corrected chi connectivity index (χ1v) is 12.9. The first kappa shape index (κ1) is 25.3. The minimum absolute atomic E-state index is 0.00888. The molecule has 0 saturated heterocycles. The van der Waals surface area contributed by atoms with Gasteiger partial charge < -0.3 is 25.5 Å². The second kappa shape index (κ2) is 8.12. The quantitative estimate of drug-likeness (QED) is 0.427. The Balaban J connectivity index is 1.62. The number of carbonyl (C=O) groups is 1. The standard InChI is InChI=1S/C27H44O6/c1-15(20(28)8-9-24(2,3)32)16-7-11-27(33)18-12-21(29)19-13-22(30)23(31)14-25(19,4)17(18)6-10-26(16,27)5/h12,15-17,19-20,22-23,28,30-33H,6-11,13-14H2,1-5H3/t15-,16+,17?,19?,20+,22?,23?,25+,26+,27+/m0/s1. The number of hydrogen-bond donors (Lipinski definition) is 5. The summed E-state index contributed by atoms with van der Waals surface area (Å²) < 4.78 is 0. The number of aliphatic hydroxyl groups excluding tert-OH is 3. The number of fused-ring (bicyclic) bond motifs is 5. The molecule has 6 nitrogen and oxygen atoms in total. The molecule has 4 aliphatic rings. The Morgan fingerprint density at radius 2 is 1.79 bits per heavy atom. The van der Waals surface area contributed by atoms with E-state index in [-0.39, 0.29) is 35.9 Å². The molecule has 6 heteroatoms. The van der Waals surface area contributed by atoms with Gasteiger partial charge in [0.05, 0.1) is 29.5 Å². The van der Waals surface area contributed by atoms with Crippen molar-refractivity contribution in [2.45, 2.75) is 115 Å². The van der Waals surface area contributed by atoms with Crippen LogP contribution in [0.15, 0.2) is 11.6 Å². The van der Waals surface area contributed by atoms with Gasteiger partial charge >= 0.3 is 0 Å². The van der Waals surface area contributed by atoms with Crippen molar-refractivity contribution >= 4 is 5.78 Å². The molecule has 3 saturated carbocycles. The highest BCUT2D eigenvalue weighted by atomic mass is 16.3. The summed E-state index contributed by atoms with van der Waals surface area (Å²) >= 11 is 0. The van der Waals surface area contributed by atoms with E-state index < -0.39 is 40.3 Å². The number of aliphatic hydroxyl groups is 5. The minimum Gasteiger partial charge on any atom is -0.393 e. The van der Waals surface area contributed by atoms with Crippen molar-refractivity contribution in [1.82, 2.24) is 0 Å². The van der Waals surface area contributed by atoms with Gasteiger partial charge in [-0.3, -0.25) is 4.79 Å². The number of hydrogen-bond acceptors (Lipinski definition) is 6. The highest BCUT2D eigenvalue weighted by Crippen LogP contribution is 2.68. The predicted octanol–water partition coefficient (Wildman–Crippen LogP) is 2.74. The lowest BCUT2D eigenvalue weighted by Gasteiger charge is -2.60. The van der Waals surface area contributed by atoms with Crippen molar-refractivity contribution < 1.29 is 30.3 Å². The van der Waals surface area contributed by atoms with Crippen LogP contribution in [0.3, 0.4) is 0 Å². The van der Waals surface area contributed by atoms with Gasteiger partial charge in [-0.05, 0) is 100 Å². The molecule has 0 bridgehead atoms. The number of rotatable bonds is 5. The molecule has 3 fully saturated rings. The molecule has 10 atom stereocenters. The molecule has 5 N–H and O–H groups in total. The third-order valence-corrected chi connectivity index (χ3v) is 10.5. The molecule has 0 aromatic heterocycles. The molecule has 0 amide bonds. The van der Waals surface area contributed by atoms with Gasteiger partial charge in [-0.2, -0.15) is 0 Å². The molecule has 33 heavy (non-hydrogen) atoms.